The third kappa shape index (κ3) is 4.78. The minimum absolute atomic E-state index is 0.732. The SMILES string of the molecule is N#CSCCCCOc1ccccc1. The normalized spacial score (nSPS) is 9.36. The molecule has 0 saturated carbocycles. The molecule has 0 radical (unpaired) electrons. The topological polar surface area (TPSA) is 33.0 Å². The molecule has 0 aliphatic heterocycles. The minimum atomic E-state index is 0.732. The van der Waals surface area contributed by atoms with E-state index >= 15 is 0 Å². The Morgan fingerprint density at radius 2 is 2.00 bits per heavy atom. The van der Waals surface area contributed by atoms with Gasteiger partial charge in [-0.15, -0.1) is 0 Å². The summed E-state index contributed by atoms with van der Waals surface area (Å²) in [7, 11) is 0. The molecule has 0 aliphatic carbocycles. The number of thioether (sulfide) groups is 1. The molecule has 0 fully saturated rings. The van der Waals surface area contributed by atoms with Crippen molar-refractivity contribution in [2.45, 2.75) is 12.8 Å². The molecule has 0 bridgehead atoms. The molecule has 0 amide bonds. The fourth-order valence-corrected chi connectivity index (χ4v) is 1.47. The maximum absolute atomic E-state index is 8.28. The summed E-state index contributed by atoms with van der Waals surface area (Å²) in [5.74, 6) is 1.81. The van der Waals surface area contributed by atoms with E-state index in [4.69, 9.17) is 10.00 Å². The number of hydrogen-bond acceptors (Lipinski definition) is 3. The van der Waals surface area contributed by atoms with E-state index in [9.17, 15) is 0 Å². The van der Waals surface area contributed by atoms with Crippen molar-refractivity contribution in [1.29, 1.82) is 5.26 Å². The lowest BCUT2D eigenvalue weighted by atomic mass is 10.3. The molecule has 0 aliphatic rings. The number of thiocyanates is 1. The number of rotatable bonds is 6. The molecule has 1 aromatic rings. The molecular weight excluding hydrogens is 194 g/mol. The van der Waals surface area contributed by atoms with Crippen molar-refractivity contribution in [1.82, 2.24) is 0 Å². The van der Waals surface area contributed by atoms with Gasteiger partial charge in [-0.05, 0) is 36.7 Å². The van der Waals surface area contributed by atoms with Crippen molar-refractivity contribution in [2.24, 2.45) is 0 Å². The van der Waals surface area contributed by atoms with Gasteiger partial charge < -0.3 is 4.74 Å². The first kappa shape index (κ1) is 10.9. The fourth-order valence-electron chi connectivity index (χ4n) is 1.03. The first-order chi connectivity index (χ1) is 6.93. The molecule has 1 rings (SSSR count). The molecule has 2 nitrogen and oxygen atoms in total. The van der Waals surface area contributed by atoms with Crippen LogP contribution in [-0.2, 0) is 0 Å². The molecule has 14 heavy (non-hydrogen) atoms. The highest BCUT2D eigenvalue weighted by atomic mass is 32.2. The van der Waals surface area contributed by atoms with Crippen molar-refractivity contribution >= 4 is 11.8 Å². The highest BCUT2D eigenvalue weighted by Crippen LogP contribution is 2.09. The maximum atomic E-state index is 8.28. The Bertz CT molecular complexity index is 281. The number of nitriles is 1. The molecule has 3 heteroatoms. The number of hydrogen-bond donors (Lipinski definition) is 0. The third-order valence-electron chi connectivity index (χ3n) is 1.72. The summed E-state index contributed by atoms with van der Waals surface area (Å²) in [5.41, 5.74) is 0. The summed E-state index contributed by atoms with van der Waals surface area (Å²) >= 11 is 1.30. The van der Waals surface area contributed by atoms with Crippen LogP contribution < -0.4 is 4.74 Å². The van der Waals surface area contributed by atoms with Crippen LogP contribution >= 0.6 is 11.8 Å². The maximum Gasteiger partial charge on any atom is 0.133 e. The molecule has 0 spiro atoms. The minimum Gasteiger partial charge on any atom is -0.494 e. The number of benzene rings is 1. The molecule has 0 aromatic heterocycles. The quantitative estimate of drug-likeness (QED) is 0.531. The van der Waals surface area contributed by atoms with Crippen LogP contribution in [0.2, 0.25) is 0 Å². The Kier molecular flexibility index (Phi) is 5.69. The van der Waals surface area contributed by atoms with Gasteiger partial charge in [0.1, 0.15) is 11.2 Å². The van der Waals surface area contributed by atoms with Crippen LogP contribution in [0.25, 0.3) is 0 Å². The Morgan fingerprint density at radius 3 is 2.71 bits per heavy atom. The Morgan fingerprint density at radius 1 is 1.21 bits per heavy atom. The third-order valence-corrected chi connectivity index (χ3v) is 2.34. The first-order valence-electron chi connectivity index (χ1n) is 4.62. The van der Waals surface area contributed by atoms with Gasteiger partial charge in [0.05, 0.1) is 6.61 Å². The van der Waals surface area contributed by atoms with E-state index in [2.05, 4.69) is 5.40 Å². The Balaban J connectivity index is 2.03. The standard InChI is InChI=1S/C11H13NOS/c12-10-14-9-5-4-8-13-11-6-2-1-3-7-11/h1-3,6-7H,4-5,8-9H2. The van der Waals surface area contributed by atoms with Gasteiger partial charge in [-0.25, -0.2) is 0 Å². The van der Waals surface area contributed by atoms with Crippen LogP contribution in [-0.4, -0.2) is 12.4 Å². The van der Waals surface area contributed by atoms with E-state index in [-0.39, 0.29) is 0 Å². The van der Waals surface area contributed by atoms with Gasteiger partial charge in [-0.2, -0.15) is 5.26 Å². The number of nitrogens with zero attached hydrogens (tertiary/aromatic N) is 1. The molecule has 0 saturated heterocycles. The lowest BCUT2D eigenvalue weighted by molar-refractivity contribution is 0.310. The largest absolute Gasteiger partial charge is 0.494 e. The predicted octanol–water partition coefficient (Wildman–Crippen LogP) is 3.06. The first-order valence-corrected chi connectivity index (χ1v) is 5.61. The summed E-state index contributed by atoms with van der Waals surface area (Å²) < 4.78 is 5.49. The van der Waals surface area contributed by atoms with Crippen LogP contribution in [0.4, 0.5) is 0 Å². The average molecular weight is 207 g/mol. The van der Waals surface area contributed by atoms with Crippen molar-refractivity contribution in [2.75, 3.05) is 12.4 Å². The van der Waals surface area contributed by atoms with Crippen LogP contribution in [0.15, 0.2) is 30.3 Å². The number of para-hydroxylation sites is 1. The Labute approximate surface area is 88.9 Å². The molecule has 0 unspecified atom stereocenters. The molecule has 0 heterocycles. The second kappa shape index (κ2) is 7.28. The van der Waals surface area contributed by atoms with Gasteiger partial charge in [0.25, 0.3) is 0 Å². The highest BCUT2D eigenvalue weighted by molar-refractivity contribution is 8.03. The zero-order valence-electron chi connectivity index (χ0n) is 7.98. The van der Waals surface area contributed by atoms with Crippen LogP contribution in [0.1, 0.15) is 12.8 Å². The van der Waals surface area contributed by atoms with Crippen molar-refractivity contribution < 1.29 is 4.74 Å². The summed E-state index contributed by atoms with van der Waals surface area (Å²) in [6.07, 6.45) is 2.04. The van der Waals surface area contributed by atoms with Crippen molar-refractivity contribution in [3.8, 4) is 11.2 Å². The van der Waals surface area contributed by atoms with Gasteiger partial charge >= 0.3 is 0 Å². The van der Waals surface area contributed by atoms with Crippen LogP contribution in [0.3, 0.4) is 0 Å². The number of unbranched alkanes of at least 4 members (excludes halogenated alkanes) is 1. The molecule has 74 valence electrons. The van der Waals surface area contributed by atoms with Crippen molar-refractivity contribution in [3.05, 3.63) is 30.3 Å². The molecule has 0 atom stereocenters. The van der Waals surface area contributed by atoms with E-state index in [0.717, 1.165) is 31.0 Å². The second-order valence-electron chi connectivity index (χ2n) is 2.81. The summed E-state index contributed by atoms with van der Waals surface area (Å²) in [4.78, 5) is 0. The summed E-state index contributed by atoms with van der Waals surface area (Å²) in [6, 6.07) is 9.78. The van der Waals surface area contributed by atoms with Crippen LogP contribution in [0, 0.1) is 10.7 Å². The van der Waals surface area contributed by atoms with E-state index in [1.807, 2.05) is 30.3 Å². The summed E-state index contributed by atoms with van der Waals surface area (Å²) in [5, 5.41) is 10.3. The average Bonchev–Trinajstić information content (AvgIpc) is 2.25. The highest BCUT2D eigenvalue weighted by Gasteiger charge is 1.92. The monoisotopic (exact) mass is 207 g/mol. The number of ether oxygens (including phenoxy) is 1. The van der Waals surface area contributed by atoms with Crippen LogP contribution in [0.5, 0.6) is 5.75 Å². The van der Waals surface area contributed by atoms with E-state index in [0.29, 0.717) is 0 Å². The van der Waals surface area contributed by atoms with Gasteiger partial charge in [0.2, 0.25) is 0 Å². The van der Waals surface area contributed by atoms with Crippen molar-refractivity contribution in [3.63, 3.8) is 0 Å². The van der Waals surface area contributed by atoms with Gasteiger partial charge in [-0.1, -0.05) is 18.2 Å². The zero-order valence-corrected chi connectivity index (χ0v) is 8.80. The fraction of sp³-hybridized carbons (Fsp3) is 0.364. The summed E-state index contributed by atoms with van der Waals surface area (Å²) in [6.45, 7) is 0.732. The van der Waals surface area contributed by atoms with Gasteiger partial charge in [0.15, 0.2) is 0 Å². The lowest BCUT2D eigenvalue weighted by Gasteiger charge is -2.04. The lowest BCUT2D eigenvalue weighted by Crippen LogP contribution is -1.97. The molecule has 1 aromatic carbocycles. The van der Waals surface area contributed by atoms with Gasteiger partial charge in [0, 0.05) is 5.75 Å². The van der Waals surface area contributed by atoms with E-state index < -0.39 is 0 Å². The Hall–Kier alpha value is -1.14. The smallest absolute Gasteiger partial charge is 0.133 e. The molecular formula is C11H13NOS. The second-order valence-corrected chi connectivity index (χ2v) is 3.69. The van der Waals surface area contributed by atoms with E-state index in [1.54, 1.807) is 0 Å². The van der Waals surface area contributed by atoms with E-state index in [1.165, 1.54) is 11.8 Å². The predicted molar refractivity (Wildman–Crippen MR) is 59.2 cm³/mol. The zero-order chi connectivity index (χ0) is 10.1. The van der Waals surface area contributed by atoms with Gasteiger partial charge in [-0.3, -0.25) is 0 Å². The molecule has 0 N–H and O–H groups in total.